The molecule has 0 aliphatic carbocycles. The van der Waals surface area contributed by atoms with Crippen LogP contribution in [0.4, 0.5) is 10.1 Å². The number of amides is 3. The first kappa shape index (κ1) is 27.3. The monoisotopic (exact) mass is 570 g/mol. The highest BCUT2D eigenvalue weighted by Gasteiger charge is 2.17. The van der Waals surface area contributed by atoms with Crippen LogP contribution in [0.2, 0.25) is 0 Å². The minimum atomic E-state index is -0.836. The number of hydrazone groups is 1. The molecular formula is C26H24BrFN4O5. The second kappa shape index (κ2) is 13.2. The molecule has 0 aliphatic rings. The van der Waals surface area contributed by atoms with Crippen molar-refractivity contribution in [3.05, 3.63) is 88.1 Å². The minimum Gasteiger partial charge on any atom is -0.493 e. The van der Waals surface area contributed by atoms with Gasteiger partial charge in [0.05, 0.1) is 24.6 Å². The van der Waals surface area contributed by atoms with Crippen LogP contribution in [0.25, 0.3) is 0 Å². The molecule has 3 amide bonds. The molecule has 0 saturated heterocycles. The molecule has 11 heteroatoms. The molecule has 192 valence electrons. The summed E-state index contributed by atoms with van der Waals surface area (Å²) in [5.41, 5.74) is 3.41. The third kappa shape index (κ3) is 7.87. The zero-order valence-corrected chi connectivity index (χ0v) is 21.5. The summed E-state index contributed by atoms with van der Waals surface area (Å²) in [6.07, 6.45) is 1.39. The van der Waals surface area contributed by atoms with E-state index in [-0.39, 0.29) is 18.0 Å². The summed E-state index contributed by atoms with van der Waals surface area (Å²) in [6.45, 7) is 1.18. The summed E-state index contributed by atoms with van der Waals surface area (Å²) in [5.74, 6) is -1.39. The second-order valence-corrected chi connectivity index (χ2v) is 8.49. The Morgan fingerprint density at radius 3 is 2.51 bits per heavy atom. The fourth-order valence-corrected chi connectivity index (χ4v) is 3.49. The van der Waals surface area contributed by atoms with Crippen molar-refractivity contribution in [1.29, 1.82) is 0 Å². The highest BCUT2D eigenvalue weighted by atomic mass is 79.9. The molecule has 3 aromatic rings. The predicted octanol–water partition coefficient (Wildman–Crippen LogP) is 3.88. The Bertz CT molecular complexity index is 1320. The predicted molar refractivity (Wildman–Crippen MR) is 140 cm³/mol. The van der Waals surface area contributed by atoms with E-state index in [4.69, 9.17) is 9.47 Å². The number of anilines is 1. The molecule has 0 saturated carbocycles. The van der Waals surface area contributed by atoms with Gasteiger partial charge in [0.1, 0.15) is 11.9 Å². The molecule has 3 N–H and O–H groups in total. The summed E-state index contributed by atoms with van der Waals surface area (Å²) in [4.78, 5) is 36.8. The number of nitrogens with one attached hydrogen (secondary N) is 3. The molecule has 1 unspecified atom stereocenters. The topological polar surface area (TPSA) is 118 Å². The largest absolute Gasteiger partial charge is 0.493 e. The second-order valence-electron chi connectivity index (χ2n) is 7.64. The Morgan fingerprint density at radius 2 is 1.78 bits per heavy atom. The van der Waals surface area contributed by atoms with Crippen molar-refractivity contribution in [2.24, 2.45) is 5.10 Å². The van der Waals surface area contributed by atoms with Gasteiger partial charge in [0, 0.05) is 4.47 Å². The van der Waals surface area contributed by atoms with Crippen LogP contribution in [0, 0.1) is 5.82 Å². The Morgan fingerprint density at radius 1 is 1.05 bits per heavy atom. The van der Waals surface area contributed by atoms with Gasteiger partial charge < -0.3 is 20.1 Å². The zero-order valence-electron chi connectivity index (χ0n) is 20.0. The van der Waals surface area contributed by atoms with Crippen LogP contribution >= 0.6 is 15.9 Å². The first-order valence-corrected chi connectivity index (χ1v) is 11.8. The lowest BCUT2D eigenvalue weighted by Gasteiger charge is -2.13. The van der Waals surface area contributed by atoms with Gasteiger partial charge in [0.25, 0.3) is 17.7 Å². The summed E-state index contributed by atoms with van der Waals surface area (Å²) in [5, 5.41) is 8.95. The standard InChI is InChI=1S/C26H24BrFN4O5/c1-16(30-26(35)18-7-3-4-8-19(18)27)25(34)32-29-14-17-11-12-22(23(13-17)36-2)37-15-24(33)31-21-10-6-5-9-20(21)28/h3-14,16H,15H2,1-2H3,(H,30,35)(H,31,33)(H,32,34). The SMILES string of the molecule is COc1cc(C=NNC(=O)C(C)NC(=O)c2ccccc2Br)ccc1OCC(=O)Nc1ccccc1F. The average molecular weight is 571 g/mol. The molecule has 9 nitrogen and oxygen atoms in total. The number of methoxy groups -OCH3 is 1. The summed E-state index contributed by atoms with van der Waals surface area (Å²) in [6, 6.07) is 16.6. The van der Waals surface area contributed by atoms with Crippen molar-refractivity contribution in [1.82, 2.24) is 10.7 Å². The van der Waals surface area contributed by atoms with Crippen molar-refractivity contribution < 1.29 is 28.2 Å². The molecule has 0 bridgehead atoms. The number of rotatable bonds is 10. The van der Waals surface area contributed by atoms with Crippen LogP contribution < -0.4 is 25.5 Å². The van der Waals surface area contributed by atoms with Crippen LogP contribution in [-0.4, -0.2) is 43.7 Å². The van der Waals surface area contributed by atoms with E-state index in [1.807, 2.05) is 0 Å². The van der Waals surface area contributed by atoms with Crippen LogP contribution in [-0.2, 0) is 9.59 Å². The zero-order chi connectivity index (χ0) is 26.8. The van der Waals surface area contributed by atoms with Gasteiger partial charge in [-0.3, -0.25) is 14.4 Å². The number of carbonyl (C=O) groups is 3. The van der Waals surface area contributed by atoms with E-state index in [9.17, 15) is 18.8 Å². The van der Waals surface area contributed by atoms with Crippen molar-refractivity contribution in [2.75, 3.05) is 19.0 Å². The van der Waals surface area contributed by atoms with Gasteiger partial charge in [-0.25, -0.2) is 9.82 Å². The quantitative estimate of drug-likeness (QED) is 0.252. The third-order valence-electron chi connectivity index (χ3n) is 4.94. The van der Waals surface area contributed by atoms with Gasteiger partial charge in [-0.2, -0.15) is 5.10 Å². The van der Waals surface area contributed by atoms with Gasteiger partial charge in [-0.15, -0.1) is 0 Å². The van der Waals surface area contributed by atoms with E-state index in [0.717, 1.165) is 0 Å². The van der Waals surface area contributed by atoms with Crippen LogP contribution in [0.5, 0.6) is 11.5 Å². The van der Waals surface area contributed by atoms with Crippen molar-refractivity contribution in [2.45, 2.75) is 13.0 Å². The van der Waals surface area contributed by atoms with Crippen molar-refractivity contribution in [3.8, 4) is 11.5 Å². The molecule has 1 atom stereocenters. The first-order chi connectivity index (χ1) is 17.8. The average Bonchev–Trinajstić information content (AvgIpc) is 2.89. The maximum atomic E-state index is 13.7. The number of nitrogens with zero attached hydrogens (tertiary/aromatic N) is 1. The molecule has 0 aliphatic heterocycles. The van der Waals surface area contributed by atoms with Gasteiger partial charge in [-0.05, 0) is 70.9 Å². The number of hydrogen-bond donors (Lipinski definition) is 3. The molecule has 0 aromatic heterocycles. The fraction of sp³-hybridized carbons (Fsp3) is 0.154. The minimum absolute atomic E-state index is 0.0542. The Hall–Kier alpha value is -4.25. The van der Waals surface area contributed by atoms with E-state index in [1.165, 1.54) is 38.4 Å². The summed E-state index contributed by atoms with van der Waals surface area (Å²) >= 11 is 3.30. The number of carbonyl (C=O) groups excluding carboxylic acids is 3. The van der Waals surface area contributed by atoms with Crippen LogP contribution in [0.15, 0.2) is 76.3 Å². The maximum Gasteiger partial charge on any atom is 0.262 e. The lowest BCUT2D eigenvalue weighted by Crippen LogP contribution is -2.43. The van der Waals surface area contributed by atoms with E-state index in [1.54, 1.807) is 48.5 Å². The van der Waals surface area contributed by atoms with Gasteiger partial charge in [0.15, 0.2) is 18.1 Å². The number of halogens is 2. The number of para-hydroxylation sites is 1. The molecule has 0 spiro atoms. The number of benzene rings is 3. The third-order valence-corrected chi connectivity index (χ3v) is 5.63. The lowest BCUT2D eigenvalue weighted by atomic mass is 10.2. The van der Waals surface area contributed by atoms with Gasteiger partial charge in [-0.1, -0.05) is 24.3 Å². The van der Waals surface area contributed by atoms with E-state index >= 15 is 0 Å². The summed E-state index contributed by atoms with van der Waals surface area (Å²) < 4.78 is 25.1. The van der Waals surface area contributed by atoms with Crippen molar-refractivity contribution in [3.63, 3.8) is 0 Å². The lowest BCUT2D eigenvalue weighted by molar-refractivity contribution is -0.122. The molecule has 3 aromatic carbocycles. The fourth-order valence-electron chi connectivity index (χ4n) is 3.03. The number of hydrogen-bond acceptors (Lipinski definition) is 6. The molecule has 0 heterocycles. The van der Waals surface area contributed by atoms with Gasteiger partial charge >= 0.3 is 0 Å². The van der Waals surface area contributed by atoms with Crippen LogP contribution in [0.1, 0.15) is 22.8 Å². The smallest absolute Gasteiger partial charge is 0.262 e. The van der Waals surface area contributed by atoms with Crippen LogP contribution in [0.3, 0.4) is 0 Å². The molecule has 0 fully saturated rings. The molecule has 3 rings (SSSR count). The first-order valence-electron chi connectivity index (χ1n) is 11.0. The normalized spacial score (nSPS) is 11.5. The molecule has 0 radical (unpaired) electrons. The highest BCUT2D eigenvalue weighted by molar-refractivity contribution is 9.10. The van der Waals surface area contributed by atoms with E-state index in [0.29, 0.717) is 21.3 Å². The Balaban J connectivity index is 1.52. The van der Waals surface area contributed by atoms with Crippen molar-refractivity contribution >= 4 is 45.6 Å². The summed E-state index contributed by atoms with van der Waals surface area (Å²) in [7, 11) is 1.43. The highest BCUT2D eigenvalue weighted by Crippen LogP contribution is 2.27. The Kier molecular flexibility index (Phi) is 9.73. The molecular weight excluding hydrogens is 547 g/mol. The maximum absolute atomic E-state index is 13.7. The number of ether oxygens (including phenoxy) is 2. The van der Waals surface area contributed by atoms with E-state index in [2.05, 4.69) is 37.1 Å². The van der Waals surface area contributed by atoms with Gasteiger partial charge in [0.2, 0.25) is 0 Å². The molecule has 37 heavy (non-hydrogen) atoms. The van der Waals surface area contributed by atoms with E-state index < -0.39 is 29.6 Å². The Labute approximate surface area is 221 Å².